The fourth-order valence-electron chi connectivity index (χ4n) is 2.09. The first-order chi connectivity index (χ1) is 9.62. The van der Waals surface area contributed by atoms with Gasteiger partial charge in [0.1, 0.15) is 5.75 Å². The van der Waals surface area contributed by atoms with Gasteiger partial charge in [0.25, 0.3) is 0 Å². The second-order valence-corrected chi connectivity index (χ2v) is 6.10. The summed E-state index contributed by atoms with van der Waals surface area (Å²) in [6.07, 6.45) is 0. The Morgan fingerprint density at radius 1 is 1.14 bits per heavy atom. The molecule has 2 rings (SSSR count). The second-order valence-electron chi connectivity index (χ2n) is 6.10. The molecule has 7 heteroatoms. The smallest absolute Gasteiger partial charge is 0.435 e. The molecule has 1 heterocycles. The Morgan fingerprint density at radius 3 is 2.24 bits per heavy atom. The fourth-order valence-corrected chi connectivity index (χ4v) is 2.09. The van der Waals surface area contributed by atoms with Gasteiger partial charge in [-0.25, -0.2) is 0 Å². The van der Waals surface area contributed by atoms with Crippen molar-refractivity contribution in [1.29, 1.82) is 0 Å². The number of benzene rings is 1. The zero-order valence-electron chi connectivity index (χ0n) is 12.6. The largest absolute Gasteiger partial charge is 0.480 e. The minimum absolute atomic E-state index is 0.0643. The topological polar surface area (TPSA) is 53.7 Å². The van der Waals surface area contributed by atoms with E-state index in [4.69, 9.17) is 15.0 Å². The van der Waals surface area contributed by atoms with E-state index in [1.807, 2.05) is 27.7 Å². The van der Waals surface area contributed by atoms with Gasteiger partial charge < -0.3 is 19.8 Å². The summed E-state index contributed by atoms with van der Waals surface area (Å²) in [7, 11) is -0.642. The average molecular weight is 299 g/mol. The lowest BCUT2D eigenvalue weighted by Gasteiger charge is -2.32. The van der Waals surface area contributed by atoms with E-state index >= 15 is 0 Å². The third-order valence-electron chi connectivity index (χ3n) is 4.03. The third kappa shape index (κ3) is 3.36. The number of halogens is 2. The van der Waals surface area contributed by atoms with Gasteiger partial charge in [0, 0.05) is 0 Å². The Kier molecular flexibility index (Phi) is 4.28. The van der Waals surface area contributed by atoms with Gasteiger partial charge in [0.15, 0.2) is 0 Å². The van der Waals surface area contributed by atoms with Crippen LogP contribution in [0.4, 0.5) is 8.78 Å². The molecule has 1 saturated heterocycles. The first kappa shape index (κ1) is 16.2. The van der Waals surface area contributed by atoms with Crippen molar-refractivity contribution in [1.82, 2.24) is 0 Å². The van der Waals surface area contributed by atoms with Crippen LogP contribution in [-0.4, -0.2) is 24.9 Å². The molecular formula is C14H20BF2NO3. The van der Waals surface area contributed by atoms with Gasteiger partial charge in [-0.05, 0) is 45.4 Å². The van der Waals surface area contributed by atoms with E-state index in [1.165, 1.54) is 12.1 Å². The summed E-state index contributed by atoms with van der Waals surface area (Å²) in [5.74, 6) is -0.526. The van der Waals surface area contributed by atoms with Crippen molar-refractivity contribution >= 4 is 7.12 Å². The van der Waals surface area contributed by atoms with E-state index in [9.17, 15) is 8.78 Å². The standard InChI is InChI=1S/C14H20BF2NO3/c1-13(2)14(3,4)21-15(20-13)11(18)9-6-5-7-10(8-9)19-12(16)17/h5-8,11-12H,18H2,1-4H3/t11-/m0/s1. The lowest BCUT2D eigenvalue weighted by molar-refractivity contribution is -0.0498. The van der Waals surface area contributed by atoms with E-state index in [0.29, 0.717) is 5.56 Å². The number of nitrogens with two attached hydrogens (primary N) is 1. The number of ether oxygens (including phenoxy) is 1. The SMILES string of the molecule is CC1(C)OB([C@@H](N)c2cccc(OC(F)F)c2)OC1(C)C. The second kappa shape index (κ2) is 5.55. The fraction of sp³-hybridized carbons (Fsp3) is 0.571. The Balaban J connectivity index is 2.16. The highest BCUT2D eigenvalue weighted by Crippen LogP contribution is 2.39. The monoisotopic (exact) mass is 299 g/mol. The molecule has 0 radical (unpaired) electrons. The van der Waals surface area contributed by atoms with Gasteiger partial charge >= 0.3 is 13.7 Å². The zero-order valence-corrected chi connectivity index (χ0v) is 12.6. The highest BCUT2D eigenvalue weighted by atomic mass is 19.3. The molecule has 21 heavy (non-hydrogen) atoms. The lowest BCUT2D eigenvalue weighted by Crippen LogP contribution is -2.41. The summed E-state index contributed by atoms with van der Waals surface area (Å²) in [5.41, 5.74) is 5.78. The minimum Gasteiger partial charge on any atom is -0.435 e. The molecule has 1 fully saturated rings. The van der Waals surface area contributed by atoms with E-state index < -0.39 is 30.9 Å². The highest BCUT2D eigenvalue weighted by molar-refractivity contribution is 6.47. The van der Waals surface area contributed by atoms with Crippen LogP contribution >= 0.6 is 0 Å². The summed E-state index contributed by atoms with van der Waals surface area (Å²) < 4.78 is 40.6. The zero-order chi connectivity index (χ0) is 15.8. The highest BCUT2D eigenvalue weighted by Gasteiger charge is 2.53. The molecule has 116 valence electrons. The predicted octanol–water partition coefficient (Wildman–Crippen LogP) is 2.92. The van der Waals surface area contributed by atoms with Gasteiger partial charge in [-0.15, -0.1) is 0 Å². The van der Waals surface area contributed by atoms with Gasteiger partial charge in [0.2, 0.25) is 0 Å². The molecule has 2 N–H and O–H groups in total. The normalized spacial score (nSPS) is 21.6. The van der Waals surface area contributed by atoms with Crippen molar-refractivity contribution in [3.05, 3.63) is 29.8 Å². The molecule has 0 spiro atoms. The molecule has 1 aromatic rings. The summed E-state index contributed by atoms with van der Waals surface area (Å²) in [6, 6.07) is 6.26. The van der Waals surface area contributed by atoms with Crippen molar-refractivity contribution in [2.24, 2.45) is 5.73 Å². The summed E-state index contributed by atoms with van der Waals surface area (Å²) in [5, 5.41) is 0. The molecule has 0 saturated carbocycles. The summed E-state index contributed by atoms with van der Waals surface area (Å²) in [6.45, 7) is 4.84. The molecule has 0 aliphatic carbocycles. The van der Waals surface area contributed by atoms with Crippen LogP contribution in [0.3, 0.4) is 0 Å². The minimum atomic E-state index is -2.87. The van der Waals surface area contributed by atoms with Crippen LogP contribution in [0.15, 0.2) is 24.3 Å². The number of hydrogen-bond donors (Lipinski definition) is 1. The van der Waals surface area contributed by atoms with Crippen LogP contribution < -0.4 is 10.5 Å². The van der Waals surface area contributed by atoms with E-state index in [1.54, 1.807) is 12.1 Å². The van der Waals surface area contributed by atoms with E-state index in [2.05, 4.69) is 4.74 Å². The van der Waals surface area contributed by atoms with Crippen molar-refractivity contribution in [3.8, 4) is 5.75 Å². The van der Waals surface area contributed by atoms with Crippen LogP contribution in [0.5, 0.6) is 5.75 Å². The van der Waals surface area contributed by atoms with Gasteiger partial charge in [-0.3, -0.25) is 0 Å². The molecule has 0 aromatic heterocycles. The number of hydrogen-bond acceptors (Lipinski definition) is 4. The van der Waals surface area contributed by atoms with Gasteiger partial charge in [0.05, 0.1) is 17.1 Å². The van der Waals surface area contributed by atoms with Gasteiger partial charge in [-0.2, -0.15) is 8.78 Å². The van der Waals surface area contributed by atoms with Crippen LogP contribution in [0.1, 0.15) is 39.2 Å². The predicted molar refractivity (Wildman–Crippen MR) is 76.1 cm³/mol. The lowest BCUT2D eigenvalue weighted by atomic mass is 9.75. The van der Waals surface area contributed by atoms with Crippen molar-refractivity contribution in [3.63, 3.8) is 0 Å². The van der Waals surface area contributed by atoms with Crippen LogP contribution in [0.2, 0.25) is 0 Å². The Labute approximate surface area is 123 Å². The Bertz CT molecular complexity index is 495. The third-order valence-corrected chi connectivity index (χ3v) is 4.03. The molecule has 1 atom stereocenters. The Morgan fingerprint density at radius 2 is 1.71 bits per heavy atom. The van der Waals surface area contributed by atoms with Gasteiger partial charge in [-0.1, -0.05) is 12.1 Å². The van der Waals surface area contributed by atoms with E-state index in [-0.39, 0.29) is 5.75 Å². The molecule has 1 aliphatic rings. The molecule has 0 bridgehead atoms. The van der Waals surface area contributed by atoms with Crippen molar-refractivity contribution in [2.45, 2.75) is 51.4 Å². The van der Waals surface area contributed by atoms with Crippen LogP contribution in [0.25, 0.3) is 0 Å². The Hall–Kier alpha value is -1.18. The molecule has 1 aromatic carbocycles. The first-order valence-electron chi connectivity index (χ1n) is 6.78. The average Bonchev–Trinajstić information content (AvgIpc) is 2.57. The maximum Gasteiger partial charge on any atom is 0.480 e. The maximum absolute atomic E-state index is 12.3. The molecule has 0 amide bonds. The van der Waals surface area contributed by atoms with Crippen molar-refractivity contribution in [2.75, 3.05) is 0 Å². The van der Waals surface area contributed by atoms with Crippen LogP contribution in [-0.2, 0) is 9.31 Å². The number of alkyl halides is 2. The van der Waals surface area contributed by atoms with E-state index in [0.717, 1.165) is 0 Å². The summed E-state index contributed by atoms with van der Waals surface area (Å²) in [4.78, 5) is 0. The van der Waals surface area contributed by atoms with Crippen LogP contribution in [0, 0.1) is 0 Å². The maximum atomic E-state index is 12.3. The molecule has 4 nitrogen and oxygen atoms in total. The van der Waals surface area contributed by atoms with Crippen molar-refractivity contribution < 1.29 is 22.8 Å². The summed E-state index contributed by atoms with van der Waals surface area (Å²) >= 11 is 0. The number of rotatable bonds is 4. The quantitative estimate of drug-likeness (QED) is 0.869. The molecule has 1 aliphatic heterocycles. The molecule has 0 unspecified atom stereocenters. The molecular weight excluding hydrogens is 279 g/mol. The first-order valence-corrected chi connectivity index (χ1v) is 6.78.